The molecular weight excluding hydrogens is 269 g/mol. The van der Waals surface area contributed by atoms with Crippen LogP contribution < -0.4 is 0 Å². The maximum Gasteiger partial charge on any atom is 0.416 e. The highest BCUT2D eigenvalue weighted by atomic mass is 19.4. The Morgan fingerprint density at radius 2 is 1.75 bits per heavy atom. The van der Waals surface area contributed by atoms with Gasteiger partial charge in [0.25, 0.3) is 5.91 Å². The Bertz CT molecular complexity index is 523. The number of alkyl halides is 3. The van der Waals surface area contributed by atoms with Crippen LogP contribution in [0.4, 0.5) is 13.2 Å². The monoisotopic (exact) mass is 282 g/mol. The van der Waals surface area contributed by atoms with Crippen LogP contribution in [-0.4, -0.2) is 23.9 Å². The molecule has 0 unspecified atom stereocenters. The van der Waals surface area contributed by atoms with Crippen molar-refractivity contribution < 1.29 is 18.0 Å². The van der Waals surface area contributed by atoms with Crippen LogP contribution in [0.3, 0.4) is 0 Å². The lowest BCUT2D eigenvalue weighted by Gasteiger charge is -2.29. The maximum atomic E-state index is 12.4. The average molecular weight is 282 g/mol. The van der Waals surface area contributed by atoms with Gasteiger partial charge in [-0.1, -0.05) is 0 Å². The first-order valence-corrected chi connectivity index (χ1v) is 6.28. The molecule has 1 aromatic carbocycles. The third kappa shape index (κ3) is 3.10. The zero-order valence-electron chi connectivity index (χ0n) is 10.7. The molecule has 20 heavy (non-hydrogen) atoms. The normalized spacial score (nSPS) is 16.8. The summed E-state index contributed by atoms with van der Waals surface area (Å²) >= 11 is 0. The van der Waals surface area contributed by atoms with E-state index in [0.29, 0.717) is 25.9 Å². The Kier molecular flexibility index (Phi) is 3.98. The molecule has 3 nitrogen and oxygen atoms in total. The van der Waals surface area contributed by atoms with Gasteiger partial charge in [0.05, 0.1) is 11.6 Å². The second-order valence-corrected chi connectivity index (χ2v) is 4.77. The molecule has 106 valence electrons. The third-order valence-corrected chi connectivity index (χ3v) is 3.42. The van der Waals surface area contributed by atoms with E-state index >= 15 is 0 Å². The number of carbonyl (C=O) groups excluding carboxylic acids is 1. The number of benzene rings is 1. The molecule has 0 spiro atoms. The van der Waals surface area contributed by atoms with Crippen molar-refractivity contribution in [2.24, 2.45) is 5.92 Å². The molecule has 6 heteroatoms. The van der Waals surface area contributed by atoms with Gasteiger partial charge in [-0.15, -0.1) is 0 Å². The number of halogens is 3. The minimum atomic E-state index is -4.40. The van der Waals surface area contributed by atoms with Crippen LogP contribution >= 0.6 is 0 Å². The van der Waals surface area contributed by atoms with Crippen LogP contribution in [0.1, 0.15) is 28.8 Å². The zero-order chi connectivity index (χ0) is 14.8. The van der Waals surface area contributed by atoms with Crippen molar-refractivity contribution in [1.82, 2.24) is 4.90 Å². The van der Waals surface area contributed by atoms with E-state index in [4.69, 9.17) is 5.26 Å². The summed E-state index contributed by atoms with van der Waals surface area (Å²) in [6.07, 6.45) is -3.17. The van der Waals surface area contributed by atoms with Gasteiger partial charge in [0.1, 0.15) is 0 Å². The molecular formula is C14H13F3N2O. The van der Waals surface area contributed by atoms with Gasteiger partial charge < -0.3 is 4.90 Å². The van der Waals surface area contributed by atoms with Crippen LogP contribution in [0.25, 0.3) is 0 Å². The summed E-state index contributed by atoms with van der Waals surface area (Å²) < 4.78 is 37.3. The molecule has 1 aliphatic rings. The first-order chi connectivity index (χ1) is 9.41. The number of nitriles is 1. The average Bonchev–Trinajstić information content (AvgIpc) is 2.46. The Morgan fingerprint density at radius 3 is 2.20 bits per heavy atom. The van der Waals surface area contributed by atoms with E-state index in [1.54, 1.807) is 4.90 Å². The van der Waals surface area contributed by atoms with Gasteiger partial charge in [0.15, 0.2) is 0 Å². The molecule has 2 rings (SSSR count). The topological polar surface area (TPSA) is 44.1 Å². The summed E-state index contributed by atoms with van der Waals surface area (Å²) in [6.45, 7) is 0.941. The molecule has 0 radical (unpaired) electrons. The molecule has 1 amide bonds. The molecule has 0 N–H and O–H groups in total. The Labute approximate surface area is 114 Å². The molecule has 1 aromatic rings. The zero-order valence-corrected chi connectivity index (χ0v) is 10.7. The second-order valence-electron chi connectivity index (χ2n) is 4.77. The number of piperidine rings is 1. The molecule has 0 atom stereocenters. The highest BCUT2D eigenvalue weighted by Gasteiger charge is 2.30. The van der Waals surface area contributed by atoms with E-state index in [1.165, 1.54) is 12.1 Å². The van der Waals surface area contributed by atoms with Gasteiger partial charge in [-0.2, -0.15) is 18.4 Å². The lowest BCUT2D eigenvalue weighted by Crippen LogP contribution is -2.38. The van der Waals surface area contributed by atoms with E-state index in [9.17, 15) is 18.0 Å². The van der Waals surface area contributed by atoms with Gasteiger partial charge in [0, 0.05) is 24.6 Å². The molecule has 0 bridgehead atoms. The molecule has 1 fully saturated rings. The van der Waals surface area contributed by atoms with Crippen LogP contribution in [0.5, 0.6) is 0 Å². The third-order valence-electron chi connectivity index (χ3n) is 3.42. The maximum absolute atomic E-state index is 12.4. The Hall–Kier alpha value is -2.03. The van der Waals surface area contributed by atoms with Gasteiger partial charge in [-0.25, -0.2) is 0 Å². The van der Waals surface area contributed by atoms with E-state index in [1.807, 2.05) is 0 Å². The van der Waals surface area contributed by atoms with Crippen molar-refractivity contribution in [3.63, 3.8) is 0 Å². The summed E-state index contributed by atoms with van der Waals surface area (Å²) in [4.78, 5) is 13.7. The quantitative estimate of drug-likeness (QED) is 0.794. The lowest BCUT2D eigenvalue weighted by molar-refractivity contribution is -0.137. The summed E-state index contributed by atoms with van der Waals surface area (Å²) in [5.41, 5.74) is -0.523. The standard InChI is InChI=1S/C14H13F3N2O/c15-14(16,17)12-3-1-11(2-4-12)13(20)19-7-5-10(9-18)6-8-19/h1-4,10H,5-8H2. The number of nitrogens with zero attached hydrogens (tertiary/aromatic N) is 2. The van der Waals surface area contributed by atoms with E-state index in [-0.39, 0.29) is 17.4 Å². The minimum Gasteiger partial charge on any atom is -0.339 e. The molecule has 1 heterocycles. The number of amides is 1. The first-order valence-electron chi connectivity index (χ1n) is 6.28. The Morgan fingerprint density at radius 1 is 1.20 bits per heavy atom. The van der Waals surface area contributed by atoms with Crippen LogP contribution in [0.2, 0.25) is 0 Å². The van der Waals surface area contributed by atoms with Crippen molar-refractivity contribution in [3.05, 3.63) is 35.4 Å². The number of rotatable bonds is 1. The molecule has 1 aliphatic heterocycles. The fraction of sp³-hybridized carbons (Fsp3) is 0.429. The number of hydrogen-bond acceptors (Lipinski definition) is 2. The number of carbonyl (C=O) groups is 1. The number of hydrogen-bond donors (Lipinski definition) is 0. The van der Waals surface area contributed by atoms with Crippen LogP contribution in [0.15, 0.2) is 24.3 Å². The predicted molar refractivity (Wildman–Crippen MR) is 65.7 cm³/mol. The van der Waals surface area contributed by atoms with Gasteiger partial charge in [-0.3, -0.25) is 4.79 Å². The Balaban J connectivity index is 2.05. The van der Waals surface area contributed by atoms with E-state index < -0.39 is 11.7 Å². The highest BCUT2D eigenvalue weighted by molar-refractivity contribution is 5.94. The fourth-order valence-corrected chi connectivity index (χ4v) is 2.20. The van der Waals surface area contributed by atoms with Gasteiger partial charge >= 0.3 is 6.18 Å². The van der Waals surface area contributed by atoms with Crippen molar-refractivity contribution in [2.75, 3.05) is 13.1 Å². The van der Waals surface area contributed by atoms with Crippen molar-refractivity contribution in [2.45, 2.75) is 19.0 Å². The summed E-state index contributed by atoms with van der Waals surface area (Å²) in [6, 6.07) is 6.38. The predicted octanol–water partition coefficient (Wildman–Crippen LogP) is 3.08. The SMILES string of the molecule is N#CC1CCN(C(=O)c2ccc(C(F)(F)F)cc2)CC1. The minimum absolute atomic E-state index is 0.0355. The fourth-order valence-electron chi connectivity index (χ4n) is 2.20. The second kappa shape index (κ2) is 5.53. The van der Waals surface area contributed by atoms with Gasteiger partial charge in [-0.05, 0) is 37.1 Å². The van der Waals surface area contributed by atoms with Gasteiger partial charge in [0.2, 0.25) is 0 Å². The smallest absolute Gasteiger partial charge is 0.339 e. The molecule has 1 saturated heterocycles. The van der Waals surface area contributed by atoms with E-state index in [0.717, 1.165) is 12.1 Å². The molecule has 0 saturated carbocycles. The van der Waals surface area contributed by atoms with Crippen LogP contribution in [-0.2, 0) is 6.18 Å². The molecule has 0 aromatic heterocycles. The van der Waals surface area contributed by atoms with Crippen molar-refractivity contribution in [1.29, 1.82) is 5.26 Å². The molecule has 0 aliphatic carbocycles. The summed E-state index contributed by atoms with van der Waals surface area (Å²) in [7, 11) is 0. The summed E-state index contributed by atoms with van der Waals surface area (Å²) in [5, 5.41) is 8.78. The van der Waals surface area contributed by atoms with Crippen molar-refractivity contribution in [3.8, 4) is 6.07 Å². The van der Waals surface area contributed by atoms with Crippen LogP contribution in [0, 0.1) is 17.2 Å². The lowest BCUT2D eigenvalue weighted by atomic mass is 9.98. The summed E-state index contributed by atoms with van der Waals surface area (Å²) in [5.74, 6) is -0.318. The largest absolute Gasteiger partial charge is 0.416 e. The number of likely N-dealkylation sites (tertiary alicyclic amines) is 1. The van der Waals surface area contributed by atoms with Crippen molar-refractivity contribution >= 4 is 5.91 Å². The highest BCUT2D eigenvalue weighted by Crippen LogP contribution is 2.29. The first kappa shape index (κ1) is 14.4. The van der Waals surface area contributed by atoms with E-state index in [2.05, 4.69) is 6.07 Å².